The third kappa shape index (κ3) is 3.43. The molecule has 4 heteroatoms. The summed E-state index contributed by atoms with van der Waals surface area (Å²) >= 11 is 1.69. The number of hydrogen-bond donors (Lipinski definition) is 0. The number of para-hydroxylation sites is 1. The van der Waals surface area contributed by atoms with Gasteiger partial charge in [0, 0.05) is 17.6 Å². The normalized spacial score (nSPS) is 15.3. The van der Waals surface area contributed by atoms with Crippen LogP contribution >= 0.6 is 11.3 Å². The molecule has 0 aliphatic heterocycles. The highest BCUT2D eigenvalue weighted by molar-refractivity contribution is 7.13. The Morgan fingerprint density at radius 2 is 1.92 bits per heavy atom. The first kappa shape index (κ1) is 17.3. The standard InChI is InChI=1S/C22H26N2OS/c1-16-12-13-20(24(16)14-17-8-4-3-5-9-17)19-15-26-22(23-19)18-10-6-7-11-21(18)25-2/h6-7,10-13,15,17H,3-5,8-9,14H2,1-2H3. The molecular formula is C22H26N2OS. The van der Waals surface area contributed by atoms with Crippen LogP contribution in [0.1, 0.15) is 37.8 Å². The summed E-state index contributed by atoms with van der Waals surface area (Å²) in [4.78, 5) is 4.94. The molecule has 1 aromatic carbocycles. The van der Waals surface area contributed by atoms with Crippen LogP contribution in [-0.4, -0.2) is 16.7 Å². The Morgan fingerprint density at radius 1 is 1.12 bits per heavy atom. The number of ether oxygens (including phenoxy) is 1. The van der Waals surface area contributed by atoms with Crippen molar-refractivity contribution >= 4 is 11.3 Å². The first-order valence-corrected chi connectivity index (χ1v) is 10.4. The van der Waals surface area contributed by atoms with Crippen molar-refractivity contribution in [2.24, 2.45) is 5.92 Å². The fourth-order valence-corrected chi connectivity index (χ4v) is 4.84. The fraction of sp³-hybridized carbons (Fsp3) is 0.409. The number of methoxy groups -OCH3 is 1. The molecule has 4 rings (SSSR count). The summed E-state index contributed by atoms with van der Waals surface area (Å²) in [6.07, 6.45) is 6.90. The molecule has 0 spiro atoms. The SMILES string of the molecule is COc1ccccc1-c1nc(-c2ccc(C)n2CC2CCCCC2)cs1. The predicted octanol–water partition coefficient (Wildman–Crippen LogP) is 6.18. The molecule has 0 bridgehead atoms. The smallest absolute Gasteiger partial charge is 0.129 e. The van der Waals surface area contributed by atoms with E-state index < -0.39 is 0 Å². The number of rotatable bonds is 5. The van der Waals surface area contributed by atoms with Crippen LogP contribution in [0.3, 0.4) is 0 Å². The predicted molar refractivity (Wildman–Crippen MR) is 109 cm³/mol. The topological polar surface area (TPSA) is 27.1 Å². The molecule has 0 unspecified atom stereocenters. The van der Waals surface area contributed by atoms with Gasteiger partial charge in [-0.2, -0.15) is 0 Å². The largest absolute Gasteiger partial charge is 0.496 e. The molecule has 1 fully saturated rings. The molecule has 2 aromatic heterocycles. The van der Waals surface area contributed by atoms with Gasteiger partial charge in [-0.25, -0.2) is 4.98 Å². The van der Waals surface area contributed by atoms with Crippen LogP contribution in [-0.2, 0) is 6.54 Å². The van der Waals surface area contributed by atoms with Crippen LogP contribution in [0.15, 0.2) is 41.8 Å². The van der Waals surface area contributed by atoms with Gasteiger partial charge in [0.25, 0.3) is 0 Å². The Hall–Kier alpha value is -2.07. The van der Waals surface area contributed by atoms with Gasteiger partial charge < -0.3 is 9.30 Å². The minimum absolute atomic E-state index is 0.806. The number of aryl methyl sites for hydroxylation is 1. The van der Waals surface area contributed by atoms with Gasteiger partial charge in [-0.1, -0.05) is 31.4 Å². The molecule has 2 heterocycles. The van der Waals surface area contributed by atoms with Crippen molar-refractivity contribution in [3.8, 4) is 27.7 Å². The minimum Gasteiger partial charge on any atom is -0.496 e. The Labute approximate surface area is 159 Å². The zero-order chi connectivity index (χ0) is 17.9. The van der Waals surface area contributed by atoms with Crippen LogP contribution in [0.4, 0.5) is 0 Å². The van der Waals surface area contributed by atoms with Gasteiger partial charge in [0.2, 0.25) is 0 Å². The average molecular weight is 367 g/mol. The van der Waals surface area contributed by atoms with E-state index in [0.717, 1.165) is 34.5 Å². The van der Waals surface area contributed by atoms with Crippen LogP contribution in [0, 0.1) is 12.8 Å². The fourth-order valence-electron chi connectivity index (χ4n) is 4.00. The lowest BCUT2D eigenvalue weighted by molar-refractivity contribution is 0.319. The second-order valence-electron chi connectivity index (χ2n) is 7.21. The summed E-state index contributed by atoms with van der Waals surface area (Å²) < 4.78 is 7.97. The summed E-state index contributed by atoms with van der Waals surface area (Å²) in [5.41, 5.74) is 4.70. The zero-order valence-electron chi connectivity index (χ0n) is 15.6. The number of thiazole rings is 1. The van der Waals surface area contributed by atoms with E-state index in [1.165, 1.54) is 43.5 Å². The summed E-state index contributed by atoms with van der Waals surface area (Å²) in [5.74, 6) is 1.68. The number of aromatic nitrogens is 2. The monoisotopic (exact) mass is 366 g/mol. The van der Waals surface area contributed by atoms with Crippen LogP contribution < -0.4 is 4.74 Å². The maximum Gasteiger partial charge on any atom is 0.129 e. The van der Waals surface area contributed by atoms with Gasteiger partial charge in [-0.3, -0.25) is 0 Å². The minimum atomic E-state index is 0.806. The van der Waals surface area contributed by atoms with Crippen LogP contribution in [0.25, 0.3) is 22.0 Å². The van der Waals surface area contributed by atoms with Crippen molar-refractivity contribution in [1.82, 2.24) is 9.55 Å². The van der Waals surface area contributed by atoms with Gasteiger partial charge in [0.05, 0.1) is 24.1 Å². The molecule has 0 atom stereocenters. The molecule has 136 valence electrons. The van der Waals surface area contributed by atoms with Gasteiger partial charge in [-0.15, -0.1) is 11.3 Å². The van der Waals surface area contributed by atoms with Crippen LogP contribution in [0.5, 0.6) is 5.75 Å². The maximum absolute atomic E-state index is 5.50. The van der Waals surface area contributed by atoms with E-state index in [0.29, 0.717) is 0 Å². The number of hydrogen-bond acceptors (Lipinski definition) is 3. The quantitative estimate of drug-likeness (QED) is 0.539. The summed E-state index contributed by atoms with van der Waals surface area (Å²) in [7, 11) is 1.71. The van der Waals surface area contributed by atoms with Crippen molar-refractivity contribution in [3.63, 3.8) is 0 Å². The highest BCUT2D eigenvalue weighted by atomic mass is 32.1. The van der Waals surface area contributed by atoms with Crippen molar-refractivity contribution < 1.29 is 4.74 Å². The maximum atomic E-state index is 5.50. The molecule has 0 amide bonds. The lowest BCUT2D eigenvalue weighted by atomic mass is 9.89. The summed E-state index contributed by atoms with van der Waals surface area (Å²) in [6, 6.07) is 12.5. The third-order valence-corrected chi connectivity index (χ3v) is 6.34. The zero-order valence-corrected chi connectivity index (χ0v) is 16.4. The van der Waals surface area contributed by atoms with Crippen LogP contribution in [0.2, 0.25) is 0 Å². The Morgan fingerprint density at radius 3 is 2.73 bits per heavy atom. The van der Waals surface area contributed by atoms with Gasteiger partial charge in [0.15, 0.2) is 0 Å². The van der Waals surface area contributed by atoms with Gasteiger partial charge in [0.1, 0.15) is 10.8 Å². The van der Waals surface area contributed by atoms with Gasteiger partial charge in [-0.05, 0) is 49.9 Å². The first-order chi connectivity index (χ1) is 12.8. The second kappa shape index (κ2) is 7.67. The van der Waals surface area contributed by atoms with Crippen molar-refractivity contribution in [2.75, 3.05) is 7.11 Å². The van der Waals surface area contributed by atoms with E-state index in [2.05, 4.69) is 35.1 Å². The van der Waals surface area contributed by atoms with E-state index in [1.54, 1.807) is 18.4 Å². The highest BCUT2D eigenvalue weighted by Gasteiger charge is 2.18. The molecule has 0 saturated heterocycles. The van der Waals surface area contributed by atoms with Crippen molar-refractivity contribution in [2.45, 2.75) is 45.6 Å². The molecule has 1 saturated carbocycles. The second-order valence-corrected chi connectivity index (χ2v) is 8.07. The average Bonchev–Trinajstić information content (AvgIpc) is 3.30. The Balaban J connectivity index is 1.64. The molecule has 26 heavy (non-hydrogen) atoms. The highest BCUT2D eigenvalue weighted by Crippen LogP contribution is 2.35. The Kier molecular flexibility index (Phi) is 5.11. The first-order valence-electron chi connectivity index (χ1n) is 9.51. The number of nitrogens with zero attached hydrogens (tertiary/aromatic N) is 2. The third-order valence-electron chi connectivity index (χ3n) is 5.47. The van der Waals surface area contributed by atoms with E-state index in [4.69, 9.17) is 9.72 Å². The Bertz CT molecular complexity index is 874. The molecule has 1 aliphatic carbocycles. The summed E-state index contributed by atoms with van der Waals surface area (Å²) in [6.45, 7) is 3.33. The summed E-state index contributed by atoms with van der Waals surface area (Å²) in [5, 5.41) is 3.19. The molecule has 1 aliphatic rings. The van der Waals surface area contributed by atoms with E-state index in [9.17, 15) is 0 Å². The van der Waals surface area contributed by atoms with Gasteiger partial charge >= 0.3 is 0 Å². The molecule has 3 aromatic rings. The van der Waals surface area contributed by atoms with Crippen molar-refractivity contribution in [3.05, 3.63) is 47.5 Å². The molecule has 3 nitrogen and oxygen atoms in total. The van der Waals surface area contributed by atoms with Crippen molar-refractivity contribution in [1.29, 1.82) is 0 Å². The van der Waals surface area contributed by atoms with E-state index >= 15 is 0 Å². The molecule has 0 N–H and O–H groups in total. The van der Waals surface area contributed by atoms with E-state index in [-0.39, 0.29) is 0 Å². The molecular weight excluding hydrogens is 340 g/mol. The molecule has 0 radical (unpaired) electrons. The lowest BCUT2D eigenvalue weighted by Gasteiger charge is -2.24. The lowest BCUT2D eigenvalue weighted by Crippen LogP contribution is -2.15. The van der Waals surface area contributed by atoms with E-state index in [1.807, 2.05) is 18.2 Å². The number of benzene rings is 1.